The van der Waals surface area contributed by atoms with Gasteiger partial charge in [-0.3, -0.25) is 4.79 Å². The number of sulfonamides is 1. The monoisotopic (exact) mass is 498 g/mol. The Bertz CT molecular complexity index is 1170. The molecule has 2 atom stereocenters. The highest BCUT2D eigenvalue weighted by Crippen LogP contribution is 2.20. The van der Waals surface area contributed by atoms with Gasteiger partial charge in [0.1, 0.15) is 11.8 Å². The van der Waals surface area contributed by atoms with Gasteiger partial charge in [-0.1, -0.05) is 42.5 Å². The highest BCUT2D eigenvalue weighted by molar-refractivity contribution is 7.98. The van der Waals surface area contributed by atoms with Gasteiger partial charge < -0.3 is 10.1 Å². The van der Waals surface area contributed by atoms with Crippen molar-refractivity contribution < 1.29 is 17.9 Å². The van der Waals surface area contributed by atoms with Crippen molar-refractivity contribution in [2.45, 2.75) is 42.1 Å². The number of carbonyl (C=O) groups excluding carboxylic acids is 1. The highest BCUT2D eigenvalue weighted by atomic mass is 32.2. The molecule has 1 amide bonds. The first kappa shape index (κ1) is 25.8. The Morgan fingerprint density at radius 2 is 1.62 bits per heavy atom. The van der Waals surface area contributed by atoms with Crippen molar-refractivity contribution in [3.05, 3.63) is 90.0 Å². The van der Waals surface area contributed by atoms with E-state index in [1.807, 2.05) is 74.7 Å². The van der Waals surface area contributed by atoms with Crippen molar-refractivity contribution in [1.82, 2.24) is 10.0 Å². The normalized spacial score (nSPS) is 13.1. The average Bonchev–Trinajstić information content (AvgIpc) is 2.84. The van der Waals surface area contributed by atoms with E-state index in [4.69, 9.17) is 4.74 Å². The Hall–Kier alpha value is -2.81. The fourth-order valence-electron chi connectivity index (χ4n) is 3.46. The predicted molar refractivity (Wildman–Crippen MR) is 137 cm³/mol. The second-order valence-corrected chi connectivity index (χ2v) is 10.4. The van der Waals surface area contributed by atoms with Crippen LogP contribution in [0.3, 0.4) is 0 Å². The van der Waals surface area contributed by atoms with E-state index in [1.54, 1.807) is 23.9 Å². The summed E-state index contributed by atoms with van der Waals surface area (Å²) in [4.78, 5) is 14.4. The molecule has 0 saturated carbocycles. The maximum atomic E-state index is 13.2. The summed E-state index contributed by atoms with van der Waals surface area (Å²) in [5, 5.41) is 2.96. The molecule has 34 heavy (non-hydrogen) atoms. The van der Waals surface area contributed by atoms with Crippen LogP contribution in [0.1, 0.15) is 31.0 Å². The first-order valence-electron chi connectivity index (χ1n) is 11.1. The van der Waals surface area contributed by atoms with Gasteiger partial charge in [-0.05, 0) is 74.0 Å². The molecule has 2 N–H and O–H groups in total. The van der Waals surface area contributed by atoms with Crippen molar-refractivity contribution in [3.63, 3.8) is 0 Å². The molecule has 3 aromatic carbocycles. The fraction of sp³-hybridized carbons (Fsp3) is 0.269. The Morgan fingerprint density at radius 1 is 0.971 bits per heavy atom. The van der Waals surface area contributed by atoms with Crippen LogP contribution in [0.2, 0.25) is 0 Å². The van der Waals surface area contributed by atoms with Crippen LogP contribution < -0.4 is 14.8 Å². The Balaban J connectivity index is 1.80. The van der Waals surface area contributed by atoms with Crippen molar-refractivity contribution in [2.24, 2.45) is 0 Å². The Labute approximate surface area is 206 Å². The van der Waals surface area contributed by atoms with E-state index in [2.05, 4.69) is 10.0 Å². The number of hydrogen-bond donors (Lipinski definition) is 2. The molecule has 0 aliphatic rings. The number of carbonyl (C=O) groups is 1. The average molecular weight is 499 g/mol. The summed E-state index contributed by atoms with van der Waals surface area (Å²) < 4.78 is 34.2. The van der Waals surface area contributed by atoms with Gasteiger partial charge in [0.2, 0.25) is 15.9 Å². The summed E-state index contributed by atoms with van der Waals surface area (Å²) in [6, 6.07) is 22.2. The van der Waals surface area contributed by atoms with E-state index in [0.717, 1.165) is 16.0 Å². The third kappa shape index (κ3) is 7.09. The maximum Gasteiger partial charge on any atom is 0.241 e. The molecule has 6 nitrogen and oxygen atoms in total. The lowest BCUT2D eigenvalue weighted by molar-refractivity contribution is -0.123. The van der Waals surface area contributed by atoms with E-state index < -0.39 is 16.1 Å². The molecule has 180 valence electrons. The molecule has 0 fully saturated rings. The zero-order valence-electron chi connectivity index (χ0n) is 19.5. The summed E-state index contributed by atoms with van der Waals surface area (Å²) in [5.74, 6) is 0.196. The largest absolute Gasteiger partial charge is 0.494 e. The van der Waals surface area contributed by atoms with Gasteiger partial charge in [0.05, 0.1) is 17.5 Å². The zero-order valence-corrected chi connectivity index (χ0v) is 21.2. The van der Waals surface area contributed by atoms with E-state index in [0.29, 0.717) is 12.4 Å². The maximum absolute atomic E-state index is 13.2. The van der Waals surface area contributed by atoms with Crippen LogP contribution >= 0.6 is 11.8 Å². The van der Waals surface area contributed by atoms with Gasteiger partial charge in [0.15, 0.2) is 0 Å². The molecule has 0 aliphatic heterocycles. The van der Waals surface area contributed by atoms with Crippen LogP contribution in [0.4, 0.5) is 0 Å². The first-order chi connectivity index (χ1) is 16.3. The third-order valence-corrected chi connectivity index (χ3v) is 7.55. The minimum Gasteiger partial charge on any atom is -0.494 e. The molecule has 0 unspecified atom stereocenters. The van der Waals surface area contributed by atoms with E-state index >= 15 is 0 Å². The number of rotatable bonds is 11. The summed E-state index contributed by atoms with van der Waals surface area (Å²) in [6.45, 7) is 4.23. The van der Waals surface area contributed by atoms with Gasteiger partial charge in [0.25, 0.3) is 0 Å². The molecular weight excluding hydrogens is 468 g/mol. The van der Waals surface area contributed by atoms with Crippen LogP contribution in [0.15, 0.2) is 88.7 Å². The van der Waals surface area contributed by atoms with Gasteiger partial charge in [-0.15, -0.1) is 11.8 Å². The number of thioether (sulfide) groups is 1. The molecule has 0 radical (unpaired) electrons. The van der Waals surface area contributed by atoms with Crippen LogP contribution in [-0.2, 0) is 21.2 Å². The smallest absolute Gasteiger partial charge is 0.241 e. The lowest BCUT2D eigenvalue weighted by Gasteiger charge is -2.22. The summed E-state index contributed by atoms with van der Waals surface area (Å²) in [6.07, 6.45) is 2.23. The number of nitrogens with one attached hydrogen (secondary N) is 2. The molecule has 0 saturated heterocycles. The predicted octanol–water partition coefficient (Wildman–Crippen LogP) is 4.57. The molecule has 8 heteroatoms. The molecule has 0 aliphatic carbocycles. The Morgan fingerprint density at radius 3 is 2.21 bits per heavy atom. The first-order valence-corrected chi connectivity index (χ1v) is 13.8. The molecule has 3 rings (SSSR count). The lowest BCUT2D eigenvalue weighted by Crippen LogP contribution is -2.48. The van der Waals surface area contributed by atoms with Crippen molar-refractivity contribution in [3.8, 4) is 5.75 Å². The minimum atomic E-state index is -3.93. The quantitative estimate of drug-likeness (QED) is 0.378. The number of benzene rings is 3. The molecule has 0 spiro atoms. The number of amides is 1. The van der Waals surface area contributed by atoms with Crippen LogP contribution in [0.25, 0.3) is 0 Å². The van der Waals surface area contributed by atoms with Gasteiger partial charge >= 0.3 is 0 Å². The lowest BCUT2D eigenvalue weighted by atomic mass is 10.0. The Kier molecular flexibility index (Phi) is 9.15. The van der Waals surface area contributed by atoms with Crippen LogP contribution in [0.5, 0.6) is 5.75 Å². The zero-order chi connectivity index (χ0) is 24.6. The third-order valence-electron chi connectivity index (χ3n) is 5.32. The van der Waals surface area contributed by atoms with E-state index in [1.165, 1.54) is 12.1 Å². The van der Waals surface area contributed by atoms with Crippen LogP contribution in [0, 0.1) is 0 Å². The van der Waals surface area contributed by atoms with Crippen LogP contribution in [-0.4, -0.2) is 33.2 Å². The van der Waals surface area contributed by atoms with Crippen molar-refractivity contribution in [1.29, 1.82) is 0 Å². The van der Waals surface area contributed by atoms with Gasteiger partial charge in [-0.25, -0.2) is 8.42 Å². The van der Waals surface area contributed by atoms with Gasteiger partial charge in [0, 0.05) is 4.90 Å². The van der Waals surface area contributed by atoms with E-state index in [-0.39, 0.29) is 23.3 Å². The summed E-state index contributed by atoms with van der Waals surface area (Å²) >= 11 is 1.65. The van der Waals surface area contributed by atoms with Gasteiger partial charge in [-0.2, -0.15) is 4.72 Å². The topological polar surface area (TPSA) is 84.5 Å². The van der Waals surface area contributed by atoms with Crippen molar-refractivity contribution in [2.75, 3.05) is 12.9 Å². The van der Waals surface area contributed by atoms with Crippen molar-refractivity contribution >= 4 is 27.7 Å². The standard InChI is InChI=1S/C26H30N2O4S2/c1-4-32-22-12-16-24(17-13-22)34(30,31)28-25(18-20-8-6-5-7-9-20)26(29)27-19(2)21-10-14-23(33-3)15-11-21/h5-17,19,25,28H,4,18H2,1-3H3,(H,27,29)/t19-,25-/m0/s1. The minimum absolute atomic E-state index is 0.0718. The molecule has 0 heterocycles. The number of hydrogen-bond acceptors (Lipinski definition) is 5. The molecule has 3 aromatic rings. The SMILES string of the molecule is CCOc1ccc(S(=O)(=O)N[C@@H](Cc2ccccc2)C(=O)N[C@@H](C)c2ccc(SC)cc2)cc1. The van der Waals surface area contributed by atoms with E-state index in [9.17, 15) is 13.2 Å². The fourth-order valence-corrected chi connectivity index (χ4v) is 5.07. The highest BCUT2D eigenvalue weighted by Gasteiger charge is 2.27. The summed E-state index contributed by atoms with van der Waals surface area (Å²) in [7, 11) is -3.93. The second-order valence-electron chi connectivity index (χ2n) is 7.77. The molecular formula is C26H30N2O4S2. The molecule has 0 aromatic heterocycles. The second kappa shape index (κ2) is 12.1. The molecule has 0 bridgehead atoms. The number of ether oxygens (including phenoxy) is 1. The summed E-state index contributed by atoms with van der Waals surface area (Å²) in [5.41, 5.74) is 1.80.